The van der Waals surface area contributed by atoms with Gasteiger partial charge in [0.2, 0.25) is 0 Å². The van der Waals surface area contributed by atoms with Crippen LogP contribution in [0.2, 0.25) is 0 Å². The molecule has 2 aromatic rings. The molecular formula is C16H16N4O. The van der Waals surface area contributed by atoms with Crippen LogP contribution >= 0.6 is 0 Å². The summed E-state index contributed by atoms with van der Waals surface area (Å²) in [5, 5.41) is 12.3. The smallest absolute Gasteiger partial charge is 0.255 e. The molecular weight excluding hydrogens is 264 g/mol. The largest absolute Gasteiger partial charge is 0.367 e. The average molecular weight is 280 g/mol. The Hall–Kier alpha value is -2.61. The van der Waals surface area contributed by atoms with Gasteiger partial charge in [-0.2, -0.15) is 5.26 Å². The molecule has 2 heterocycles. The molecule has 1 N–H and O–H groups in total. The van der Waals surface area contributed by atoms with Crippen LogP contribution in [-0.4, -0.2) is 15.6 Å². The van der Waals surface area contributed by atoms with Gasteiger partial charge < -0.3 is 5.32 Å². The predicted octanol–water partition coefficient (Wildman–Crippen LogP) is 2.46. The van der Waals surface area contributed by atoms with Gasteiger partial charge in [0.05, 0.1) is 17.4 Å². The minimum Gasteiger partial charge on any atom is -0.367 e. The molecule has 0 radical (unpaired) electrons. The summed E-state index contributed by atoms with van der Waals surface area (Å²) < 4.78 is 1.44. The summed E-state index contributed by atoms with van der Waals surface area (Å²) in [5.74, 6) is 0.829. The van der Waals surface area contributed by atoms with Gasteiger partial charge in [0.25, 0.3) is 5.56 Å². The summed E-state index contributed by atoms with van der Waals surface area (Å²) in [5.41, 5.74) is 0.934. The zero-order valence-electron chi connectivity index (χ0n) is 11.6. The van der Waals surface area contributed by atoms with Crippen molar-refractivity contribution in [2.75, 3.05) is 5.32 Å². The summed E-state index contributed by atoms with van der Waals surface area (Å²) >= 11 is 0. The fourth-order valence-corrected chi connectivity index (χ4v) is 2.65. The second-order valence-corrected chi connectivity index (χ2v) is 5.27. The van der Waals surface area contributed by atoms with Crippen LogP contribution in [0.25, 0.3) is 5.69 Å². The summed E-state index contributed by atoms with van der Waals surface area (Å²) in [7, 11) is 0. The van der Waals surface area contributed by atoms with Gasteiger partial charge in [-0.15, -0.1) is 0 Å². The lowest BCUT2D eigenvalue weighted by Crippen LogP contribution is -2.18. The molecule has 106 valence electrons. The second-order valence-electron chi connectivity index (χ2n) is 5.27. The number of rotatable bonds is 3. The number of aromatic nitrogens is 2. The number of nitrogens with one attached hydrogen (secondary N) is 1. The van der Waals surface area contributed by atoms with Gasteiger partial charge in [0, 0.05) is 18.3 Å². The fourth-order valence-electron chi connectivity index (χ4n) is 2.65. The van der Waals surface area contributed by atoms with Crippen molar-refractivity contribution < 1.29 is 0 Å². The zero-order chi connectivity index (χ0) is 14.7. The van der Waals surface area contributed by atoms with Crippen LogP contribution in [-0.2, 0) is 0 Å². The molecule has 0 spiro atoms. The SMILES string of the molecule is N#Cc1ccc(=O)n(-c2ccc(NC3CCCC3)nc2)c1. The molecule has 0 saturated heterocycles. The monoisotopic (exact) mass is 280 g/mol. The van der Waals surface area contributed by atoms with E-state index in [4.69, 9.17) is 5.26 Å². The molecule has 1 saturated carbocycles. The minimum atomic E-state index is -0.174. The normalized spacial score (nSPS) is 14.8. The Morgan fingerprint density at radius 2 is 2.05 bits per heavy atom. The number of pyridine rings is 2. The molecule has 0 aromatic carbocycles. The van der Waals surface area contributed by atoms with Crippen molar-refractivity contribution in [3.63, 3.8) is 0 Å². The number of hydrogen-bond acceptors (Lipinski definition) is 4. The van der Waals surface area contributed by atoms with Crippen LogP contribution in [0.4, 0.5) is 5.82 Å². The van der Waals surface area contributed by atoms with E-state index in [0.717, 1.165) is 5.82 Å². The molecule has 5 nitrogen and oxygen atoms in total. The first-order valence-electron chi connectivity index (χ1n) is 7.12. The summed E-state index contributed by atoms with van der Waals surface area (Å²) in [4.78, 5) is 16.2. The van der Waals surface area contributed by atoms with Crippen LogP contribution in [0.15, 0.2) is 41.5 Å². The first-order valence-corrected chi connectivity index (χ1v) is 7.12. The zero-order valence-corrected chi connectivity index (χ0v) is 11.6. The molecule has 21 heavy (non-hydrogen) atoms. The molecule has 1 aliphatic rings. The minimum absolute atomic E-state index is 0.174. The van der Waals surface area contributed by atoms with Crippen LogP contribution in [0, 0.1) is 11.3 Å². The highest BCUT2D eigenvalue weighted by Crippen LogP contribution is 2.21. The standard InChI is InChI=1S/C16H16N4O/c17-9-12-5-8-16(21)20(11-12)14-6-7-15(18-10-14)19-13-3-1-2-4-13/h5-8,10-11,13H,1-4H2,(H,18,19). The number of nitriles is 1. The van der Waals surface area contributed by atoms with Crippen molar-refractivity contribution in [3.05, 3.63) is 52.6 Å². The molecule has 1 fully saturated rings. The van der Waals surface area contributed by atoms with E-state index in [1.807, 2.05) is 18.2 Å². The fraction of sp³-hybridized carbons (Fsp3) is 0.312. The average Bonchev–Trinajstić information content (AvgIpc) is 3.02. The first kappa shape index (κ1) is 13.4. The van der Waals surface area contributed by atoms with E-state index in [0.29, 0.717) is 17.3 Å². The van der Waals surface area contributed by atoms with Crippen LogP contribution in [0.1, 0.15) is 31.2 Å². The lowest BCUT2D eigenvalue weighted by Gasteiger charge is -2.13. The van der Waals surface area contributed by atoms with Crippen molar-refractivity contribution in [3.8, 4) is 11.8 Å². The van der Waals surface area contributed by atoms with Crippen molar-refractivity contribution in [2.45, 2.75) is 31.7 Å². The summed E-state index contributed by atoms with van der Waals surface area (Å²) in [6.45, 7) is 0. The molecule has 1 aliphatic carbocycles. The van der Waals surface area contributed by atoms with Crippen LogP contribution in [0.5, 0.6) is 0 Å². The van der Waals surface area contributed by atoms with E-state index in [1.54, 1.807) is 6.20 Å². The van der Waals surface area contributed by atoms with Crippen molar-refractivity contribution in [1.29, 1.82) is 5.26 Å². The molecule has 0 atom stereocenters. The van der Waals surface area contributed by atoms with E-state index in [1.165, 1.54) is 48.6 Å². The maximum atomic E-state index is 11.9. The van der Waals surface area contributed by atoms with Gasteiger partial charge >= 0.3 is 0 Å². The highest BCUT2D eigenvalue weighted by Gasteiger charge is 2.14. The Morgan fingerprint density at radius 3 is 2.71 bits per heavy atom. The topological polar surface area (TPSA) is 70.7 Å². The second kappa shape index (κ2) is 5.80. The van der Waals surface area contributed by atoms with Crippen LogP contribution < -0.4 is 10.9 Å². The van der Waals surface area contributed by atoms with Gasteiger partial charge in [0.15, 0.2) is 0 Å². The molecule has 0 bridgehead atoms. The highest BCUT2D eigenvalue weighted by molar-refractivity contribution is 5.42. The Balaban J connectivity index is 1.83. The van der Waals surface area contributed by atoms with Gasteiger partial charge in [-0.25, -0.2) is 4.98 Å². The third kappa shape index (κ3) is 2.95. The quantitative estimate of drug-likeness (QED) is 0.937. The predicted molar refractivity (Wildman–Crippen MR) is 80.4 cm³/mol. The summed E-state index contributed by atoms with van der Waals surface area (Å²) in [6.07, 6.45) is 8.10. The van der Waals surface area contributed by atoms with Crippen molar-refractivity contribution >= 4 is 5.82 Å². The lowest BCUT2D eigenvalue weighted by atomic mass is 10.2. The number of hydrogen-bond donors (Lipinski definition) is 1. The third-order valence-corrected chi connectivity index (χ3v) is 3.77. The lowest BCUT2D eigenvalue weighted by molar-refractivity contribution is 0.750. The first-order chi connectivity index (χ1) is 10.3. The molecule has 0 unspecified atom stereocenters. The van der Waals surface area contributed by atoms with E-state index in [9.17, 15) is 4.79 Å². The number of nitrogens with zero attached hydrogens (tertiary/aromatic N) is 3. The Morgan fingerprint density at radius 1 is 1.24 bits per heavy atom. The molecule has 0 aliphatic heterocycles. The third-order valence-electron chi connectivity index (χ3n) is 3.77. The van der Waals surface area contributed by atoms with Gasteiger partial charge in [0.1, 0.15) is 11.9 Å². The maximum Gasteiger partial charge on any atom is 0.255 e. The maximum absolute atomic E-state index is 11.9. The Kier molecular flexibility index (Phi) is 3.69. The van der Waals surface area contributed by atoms with Gasteiger partial charge in [-0.1, -0.05) is 12.8 Å². The Labute approximate surface area is 122 Å². The molecule has 0 amide bonds. The molecule has 2 aromatic heterocycles. The summed E-state index contributed by atoms with van der Waals surface area (Å²) in [6, 6.07) is 9.16. The molecule has 3 rings (SSSR count). The highest BCUT2D eigenvalue weighted by atomic mass is 16.1. The van der Waals surface area contributed by atoms with Gasteiger partial charge in [-0.05, 0) is 31.0 Å². The van der Waals surface area contributed by atoms with E-state index >= 15 is 0 Å². The van der Waals surface area contributed by atoms with Crippen molar-refractivity contribution in [2.24, 2.45) is 0 Å². The Bertz CT molecular complexity index is 721. The molecule has 5 heteroatoms. The van der Waals surface area contributed by atoms with E-state index in [-0.39, 0.29) is 5.56 Å². The van der Waals surface area contributed by atoms with E-state index < -0.39 is 0 Å². The van der Waals surface area contributed by atoms with Gasteiger partial charge in [-0.3, -0.25) is 9.36 Å². The van der Waals surface area contributed by atoms with Crippen molar-refractivity contribution in [1.82, 2.24) is 9.55 Å². The number of anilines is 1. The van der Waals surface area contributed by atoms with E-state index in [2.05, 4.69) is 10.3 Å². The van der Waals surface area contributed by atoms with Crippen LogP contribution in [0.3, 0.4) is 0 Å².